The molecular formula is C15H24N2O3. The summed E-state index contributed by atoms with van der Waals surface area (Å²) in [4.78, 5) is 11.6. The maximum Gasteiger partial charge on any atom is 0.319 e. The van der Waals surface area contributed by atoms with Crippen LogP contribution >= 0.6 is 0 Å². The van der Waals surface area contributed by atoms with E-state index in [4.69, 9.17) is 9.84 Å². The minimum atomic E-state index is -0.280. The summed E-state index contributed by atoms with van der Waals surface area (Å²) in [6, 6.07) is 7.04. The highest BCUT2D eigenvalue weighted by Crippen LogP contribution is 2.17. The van der Waals surface area contributed by atoms with Crippen LogP contribution in [0.25, 0.3) is 0 Å². The number of benzene rings is 1. The molecule has 0 aromatic heterocycles. The van der Waals surface area contributed by atoms with Crippen LogP contribution in [0.5, 0.6) is 5.75 Å². The van der Waals surface area contributed by atoms with Gasteiger partial charge in [0.05, 0.1) is 6.61 Å². The molecule has 0 saturated heterocycles. The van der Waals surface area contributed by atoms with E-state index in [2.05, 4.69) is 24.5 Å². The van der Waals surface area contributed by atoms with Gasteiger partial charge in [-0.1, -0.05) is 19.9 Å². The van der Waals surface area contributed by atoms with E-state index >= 15 is 0 Å². The number of urea groups is 1. The SMILES string of the molecule is CC(C)CCOc1cccc(NC(=O)NCCCO)c1. The zero-order valence-electron chi connectivity index (χ0n) is 12.2. The van der Waals surface area contributed by atoms with E-state index in [1.165, 1.54) is 0 Å². The monoisotopic (exact) mass is 280 g/mol. The smallest absolute Gasteiger partial charge is 0.319 e. The largest absolute Gasteiger partial charge is 0.494 e. The van der Waals surface area contributed by atoms with Crippen molar-refractivity contribution in [3.8, 4) is 5.75 Å². The van der Waals surface area contributed by atoms with E-state index in [0.29, 0.717) is 31.2 Å². The van der Waals surface area contributed by atoms with Gasteiger partial charge < -0.3 is 20.5 Å². The first-order valence-corrected chi connectivity index (χ1v) is 7.00. The number of aliphatic hydroxyl groups is 1. The second-order valence-corrected chi connectivity index (χ2v) is 5.02. The summed E-state index contributed by atoms with van der Waals surface area (Å²) in [6.07, 6.45) is 1.55. The molecule has 0 aliphatic rings. The Hall–Kier alpha value is -1.75. The van der Waals surface area contributed by atoms with Gasteiger partial charge in [-0.3, -0.25) is 0 Å². The molecule has 0 aliphatic carbocycles. The normalized spacial score (nSPS) is 10.4. The van der Waals surface area contributed by atoms with Gasteiger partial charge in [-0.05, 0) is 30.9 Å². The number of carbonyl (C=O) groups is 1. The number of nitrogens with one attached hydrogen (secondary N) is 2. The molecule has 0 fully saturated rings. The van der Waals surface area contributed by atoms with Crippen molar-refractivity contribution in [2.45, 2.75) is 26.7 Å². The van der Waals surface area contributed by atoms with Gasteiger partial charge in [0.2, 0.25) is 0 Å². The second kappa shape index (κ2) is 9.20. The predicted octanol–water partition coefficient (Wildman–Crippen LogP) is 2.62. The highest BCUT2D eigenvalue weighted by Gasteiger charge is 2.02. The van der Waals surface area contributed by atoms with Crippen LogP contribution in [0.1, 0.15) is 26.7 Å². The van der Waals surface area contributed by atoms with Crippen molar-refractivity contribution in [3.05, 3.63) is 24.3 Å². The molecule has 2 amide bonds. The highest BCUT2D eigenvalue weighted by atomic mass is 16.5. The Morgan fingerprint density at radius 2 is 2.20 bits per heavy atom. The lowest BCUT2D eigenvalue weighted by Crippen LogP contribution is -2.29. The van der Waals surface area contributed by atoms with E-state index < -0.39 is 0 Å². The maximum absolute atomic E-state index is 11.6. The molecule has 0 saturated carbocycles. The summed E-state index contributed by atoms with van der Waals surface area (Å²) in [5, 5.41) is 14.0. The summed E-state index contributed by atoms with van der Waals surface area (Å²) >= 11 is 0. The third-order valence-electron chi connectivity index (χ3n) is 2.68. The Morgan fingerprint density at radius 1 is 1.40 bits per heavy atom. The van der Waals surface area contributed by atoms with Crippen LogP contribution in [-0.2, 0) is 0 Å². The number of amides is 2. The lowest BCUT2D eigenvalue weighted by atomic mass is 10.1. The molecule has 0 spiro atoms. The van der Waals surface area contributed by atoms with Gasteiger partial charge in [0.15, 0.2) is 0 Å². The fourth-order valence-electron chi connectivity index (χ4n) is 1.53. The predicted molar refractivity (Wildman–Crippen MR) is 80.1 cm³/mol. The van der Waals surface area contributed by atoms with Crippen molar-refractivity contribution < 1.29 is 14.6 Å². The maximum atomic E-state index is 11.6. The Labute approximate surface area is 120 Å². The molecule has 5 nitrogen and oxygen atoms in total. The molecule has 0 aliphatic heterocycles. The molecule has 1 aromatic carbocycles. The van der Waals surface area contributed by atoms with Crippen LogP contribution in [-0.4, -0.2) is 30.9 Å². The third-order valence-corrected chi connectivity index (χ3v) is 2.68. The van der Waals surface area contributed by atoms with Crippen molar-refractivity contribution >= 4 is 11.7 Å². The third kappa shape index (κ3) is 6.99. The molecule has 0 radical (unpaired) electrons. The highest BCUT2D eigenvalue weighted by molar-refractivity contribution is 5.89. The number of carbonyl (C=O) groups excluding carboxylic acids is 1. The van der Waals surface area contributed by atoms with Crippen LogP contribution in [0.2, 0.25) is 0 Å². The lowest BCUT2D eigenvalue weighted by Gasteiger charge is -2.10. The Kier molecular flexibility index (Phi) is 7.50. The van der Waals surface area contributed by atoms with Crippen LogP contribution in [0.15, 0.2) is 24.3 Å². The first-order valence-electron chi connectivity index (χ1n) is 7.00. The fraction of sp³-hybridized carbons (Fsp3) is 0.533. The molecule has 20 heavy (non-hydrogen) atoms. The topological polar surface area (TPSA) is 70.6 Å². The van der Waals surface area contributed by atoms with E-state index in [9.17, 15) is 4.79 Å². The van der Waals surface area contributed by atoms with Gasteiger partial charge in [-0.25, -0.2) is 4.79 Å². The van der Waals surface area contributed by atoms with Crippen LogP contribution < -0.4 is 15.4 Å². The van der Waals surface area contributed by atoms with Gasteiger partial charge in [0, 0.05) is 24.9 Å². The van der Waals surface area contributed by atoms with Crippen molar-refractivity contribution in [2.24, 2.45) is 5.92 Å². The Balaban J connectivity index is 2.40. The number of ether oxygens (including phenoxy) is 1. The molecule has 112 valence electrons. The summed E-state index contributed by atoms with van der Waals surface area (Å²) < 4.78 is 5.63. The van der Waals surface area contributed by atoms with Crippen molar-refractivity contribution in [1.29, 1.82) is 0 Å². The molecule has 0 heterocycles. The zero-order chi connectivity index (χ0) is 14.8. The molecule has 1 aromatic rings. The minimum absolute atomic E-state index is 0.0689. The van der Waals surface area contributed by atoms with Crippen LogP contribution in [0.3, 0.4) is 0 Å². The van der Waals surface area contributed by atoms with Crippen molar-refractivity contribution in [3.63, 3.8) is 0 Å². The Bertz CT molecular complexity index is 408. The van der Waals surface area contributed by atoms with E-state index in [1.807, 2.05) is 12.1 Å². The quantitative estimate of drug-likeness (QED) is 0.641. The van der Waals surface area contributed by atoms with Gasteiger partial charge >= 0.3 is 6.03 Å². The summed E-state index contributed by atoms with van der Waals surface area (Å²) in [7, 11) is 0. The summed E-state index contributed by atoms with van der Waals surface area (Å²) in [6.45, 7) is 5.49. The van der Waals surface area contributed by atoms with Gasteiger partial charge in [0.25, 0.3) is 0 Å². The Morgan fingerprint density at radius 3 is 2.90 bits per heavy atom. The first-order chi connectivity index (χ1) is 9.61. The van der Waals surface area contributed by atoms with Crippen LogP contribution in [0, 0.1) is 5.92 Å². The minimum Gasteiger partial charge on any atom is -0.494 e. The zero-order valence-corrected chi connectivity index (χ0v) is 12.2. The van der Waals surface area contributed by atoms with E-state index in [0.717, 1.165) is 12.2 Å². The van der Waals surface area contributed by atoms with E-state index in [-0.39, 0.29) is 12.6 Å². The standard InChI is InChI=1S/C15H24N2O3/c1-12(2)7-10-20-14-6-3-5-13(11-14)17-15(19)16-8-4-9-18/h3,5-6,11-12,18H,4,7-10H2,1-2H3,(H2,16,17,19). The lowest BCUT2D eigenvalue weighted by molar-refractivity contribution is 0.249. The summed E-state index contributed by atoms with van der Waals surface area (Å²) in [5.74, 6) is 1.35. The van der Waals surface area contributed by atoms with Crippen molar-refractivity contribution in [1.82, 2.24) is 5.32 Å². The van der Waals surface area contributed by atoms with Gasteiger partial charge in [-0.15, -0.1) is 0 Å². The van der Waals surface area contributed by atoms with Gasteiger partial charge in [-0.2, -0.15) is 0 Å². The molecular weight excluding hydrogens is 256 g/mol. The molecule has 0 unspecified atom stereocenters. The number of aliphatic hydroxyl groups excluding tert-OH is 1. The molecule has 0 atom stereocenters. The van der Waals surface area contributed by atoms with Gasteiger partial charge in [0.1, 0.15) is 5.75 Å². The molecule has 5 heteroatoms. The molecule has 3 N–H and O–H groups in total. The number of anilines is 1. The fourth-order valence-corrected chi connectivity index (χ4v) is 1.53. The summed E-state index contributed by atoms with van der Waals surface area (Å²) in [5.41, 5.74) is 0.688. The average Bonchev–Trinajstić information content (AvgIpc) is 2.39. The number of rotatable bonds is 8. The van der Waals surface area contributed by atoms with E-state index in [1.54, 1.807) is 12.1 Å². The number of hydrogen-bond donors (Lipinski definition) is 3. The average molecular weight is 280 g/mol. The number of hydrogen-bond acceptors (Lipinski definition) is 3. The molecule has 0 bridgehead atoms. The second-order valence-electron chi connectivity index (χ2n) is 5.02. The first kappa shape index (κ1) is 16.3. The molecule has 1 rings (SSSR count). The van der Waals surface area contributed by atoms with Crippen molar-refractivity contribution in [2.75, 3.05) is 25.1 Å². The van der Waals surface area contributed by atoms with Crippen LogP contribution in [0.4, 0.5) is 10.5 Å².